The first-order valence-corrected chi connectivity index (χ1v) is 6.77. The van der Waals surface area contributed by atoms with Gasteiger partial charge in [-0.15, -0.1) is 11.6 Å². The molecule has 1 unspecified atom stereocenters. The summed E-state index contributed by atoms with van der Waals surface area (Å²) in [7, 11) is 3.23. The van der Waals surface area contributed by atoms with Crippen LogP contribution in [0.5, 0.6) is 5.88 Å². The molecule has 7 heteroatoms. The van der Waals surface area contributed by atoms with E-state index in [-0.39, 0.29) is 10.9 Å². The van der Waals surface area contributed by atoms with Crippen molar-refractivity contribution in [2.75, 3.05) is 20.8 Å². The summed E-state index contributed by atoms with van der Waals surface area (Å²) >= 11 is 6.27. The Bertz CT molecular complexity index is 610. The summed E-state index contributed by atoms with van der Waals surface area (Å²) in [4.78, 5) is 13.0. The first-order valence-electron chi connectivity index (χ1n) is 6.33. The summed E-state index contributed by atoms with van der Waals surface area (Å²) in [6, 6.07) is 0. The minimum absolute atomic E-state index is 0.259. The maximum absolute atomic E-state index is 6.27. The molecule has 0 aliphatic carbocycles. The summed E-state index contributed by atoms with van der Waals surface area (Å²) in [5.74, 6) is 1.17. The predicted molar refractivity (Wildman–Crippen MR) is 77.3 cm³/mol. The van der Waals surface area contributed by atoms with E-state index < -0.39 is 0 Å². The van der Waals surface area contributed by atoms with Crippen molar-refractivity contribution < 1.29 is 9.47 Å². The van der Waals surface area contributed by atoms with E-state index in [1.54, 1.807) is 14.2 Å². The van der Waals surface area contributed by atoms with E-state index in [0.717, 1.165) is 5.82 Å². The van der Waals surface area contributed by atoms with Crippen LogP contribution in [0.2, 0.25) is 0 Å². The van der Waals surface area contributed by atoms with Crippen molar-refractivity contribution in [3.63, 3.8) is 0 Å². The monoisotopic (exact) mass is 298 g/mol. The molecule has 2 aromatic rings. The summed E-state index contributed by atoms with van der Waals surface area (Å²) in [5, 5.41) is -0.259. The number of hydrogen-bond donors (Lipinski definition) is 0. The van der Waals surface area contributed by atoms with Crippen molar-refractivity contribution in [2.24, 2.45) is 0 Å². The number of alkyl halides is 1. The Morgan fingerprint density at radius 1 is 1.35 bits per heavy atom. The van der Waals surface area contributed by atoms with Gasteiger partial charge in [0.2, 0.25) is 5.88 Å². The molecule has 2 heterocycles. The molecule has 0 spiro atoms. The number of aromatic nitrogens is 4. The van der Waals surface area contributed by atoms with E-state index in [2.05, 4.69) is 28.8 Å². The molecular formula is C13H19ClN4O2. The summed E-state index contributed by atoms with van der Waals surface area (Å²) in [6.07, 6.45) is 1.46. The summed E-state index contributed by atoms with van der Waals surface area (Å²) < 4.78 is 12.5. The molecule has 0 saturated carbocycles. The minimum atomic E-state index is -0.332. The average Bonchev–Trinajstić information content (AvgIpc) is 2.78. The molecule has 0 amide bonds. The van der Waals surface area contributed by atoms with Gasteiger partial charge < -0.3 is 14.0 Å². The van der Waals surface area contributed by atoms with Gasteiger partial charge in [0.25, 0.3) is 0 Å². The zero-order valence-corrected chi connectivity index (χ0v) is 13.1. The van der Waals surface area contributed by atoms with Crippen LogP contribution in [-0.2, 0) is 10.3 Å². The molecule has 0 saturated heterocycles. The fraction of sp³-hybridized carbons (Fsp3) is 0.615. The van der Waals surface area contributed by atoms with Crippen molar-refractivity contribution >= 4 is 22.8 Å². The number of halogens is 1. The second kappa shape index (κ2) is 5.54. The highest BCUT2D eigenvalue weighted by Crippen LogP contribution is 2.32. The maximum Gasteiger partial charge on any atom is 0.245 e. The number of methoxy groups -OCH3 is 2. The van der Waals surface area contributed by atoms with Crippen LogP contribution in [0.1, 0.15) is 32.0 Å². The second-order valence-electron chi connectivity index (χ2n) is 5.22. The third-order valence-corrected chi connectivity index (χ3v) is 3.28. The first kappa shape index (κ1) is 15.0. The largest absolute Gasteiger partial charge is 0.479 e. The van der Waals surface area contributed by atoms with Gasteiger partial charge in [-0.05, 0) is 20.8 Å². The van der Waals surface area contributed by atoms with Gasteiger partial charge in [-0.3, -0.25) is 0 Å². The predicted octanol–water partition coefficient (Wildman–Crippen LogP) is 2.52. The van der Waals surface area contributed by atoms with Crippen LogP contribution < -0.4 is 4.74 Å². The number of rotatable bonds is 5. The van der Waals surface area contributed by atoms with E-state index in [4.69, 9.17) is 21.1 Å². The zero-order chi connectivity index (χ0) is 14.9. The number of imidazole rings is 1. The fourth-order valence-corrected chi connectivity index (χ4v) is 2.47. The highest BCUT2D eigenvalue weighted by molar-refractivity contribution is 6.20. The second-order valence-corrected chi connectivity index (χ2v) is 5.88. The van der Waals surface area contributed by atoms with E-state index in [1.165, 1.54) is 6.33 Å². The lowest BCUT2D eigenvalue weighted by molar-refractivity contribution is 0.110. The molecule has 2 aromatic heterocycles. The normalized spacial score (nSPS) is 13.7. The Morgan fingerprint density at radius 3 is 2.60 bits per heavy atom. The molecule has 0 radical (unpaired) electrons. The molecule has 20 heavy (non-hydrogen) atoms. The molecule has 1 atom stereocenters. The molecule has 0 aliphatic rings. The highest BCUT2D eigenvalue weighted by atomic mass is 35.5. The number of hydrogen-bond acceptors (Lipinski definition) is 5. The maximum atomic E-state index is 6.27. The molecule has 0 fully saturated rings. The van der Waals surface area contributed by atoms with Crippen LogP contribution in [0.25, 0.3) is 11.2 Å². The standard InChI is InChI=1S/C13H19ClN4O2/c1-8(14)10-17-9-11(15-7-16-12(9)20-5)18(10)13(2,3)6-19-4/h7-8H,6H2,1-5H3. The van der Waals surface area contributed by atoms with E-state index >= 15 is 0 Å². The van der Waals surface area contributed by atoms with Crippen molar-refractivity contribution in [2.45, 2.75) is 31.7 Å². The van der Waals surface area contributed by atoms with Crippen molar-refractivity contribution in [1.29, 1.82) is 0 Å². The van der Waals surface area contributed by atoms with Crippen molar-refractivity contribution in [3.05, 3.63) is 12.2 Å². The van der Waals surface area contributed by atoms with Gasteiger partial charge in [0.05, 0.1) is 24.6 Å². The lowest BCUT2D eigenvalue weighted by Crippen LogP contribution is -2.33. The molecular weight excluding hydrogens is 280 g/mol. The minimum Gasteiger partial charge on any atom is -0.479 e. The number of nitrogens with zero attached hydrogens (tertiary/aromatic N) is 4. The van der Waals surface area contributed by atoms with Gasteiger partial charge in [-0.2, -0.15) is 4.98 Å². The van der Waals surface area contributed by atoms with Crippen LogP contribution >= 0.6 is 11.6 Å². The van der Waals surface area contributed by atoms with Crippen LogP contribution in [0.4, 0.5) is 0 Å². The Labute approximate surface area is 123 Å². The van der Waals surface area contributed by atoms with Gasteiger partial charge in [0.1, 0.15) is 12.2 Å². The van der Waals surface area contributed by atoms with E-state index in [0.29, 0.717) is 23.7 Å². The number of fused-ring (bicyclic) bond motifs is 1. The number of ether oxygens (including phenoxy) is 2. The average molecular weight is 299 g/mol. The van der Waals surface area contributed by atoms with Gasteiger partial charge in [-0.25, -0.2) is 9.97 Å². The SMILES string of the molecule is COCC(C)(C)n1c(C(C)Cl)nc2c(OC)ncnc21. The molecule has 0 N–H and O–H groups in total. The first-order chi connectivity index (χ1) is 9.42. The Balaban J connectivity index is 2.76. The molecule has 6 nitrogen and oxygen atoms in total. The molecule has 0 aliphatic heterocycles. The topological polar surface area (TPSA) is 62.1 Å². The third kappa shape index (κ3) is 2.45. The van der Waals surface area contributed by atoms with E-state index in [1.807, 2.05) is 11.5 Å². The van der Waals surface area contributed by atoms with Gasteiger partial charge in [0.15, 0.2) is 11.2 Å². The molecule has 110 valence electrons. The van der Waals surface area contributed by atoms with Crippen LogP contribution in [-0.4, -0.2) is 40.3 Å². The smallest absolute Gasteiger partial charge is 0.245 e. The van der Waals surface area contributed by atoms with Crippen molar-refractivity contribution in [1.82, 2.24) is 19.5 Å². The molecule has 2 rings (SSSR count). The quantitative estimate of drug-likeness (QED) is 0.794. The van der Waals surface area contributed by atoms with Gasteiger partial charge >= 0.3 is 0 Å². The van der Waals surface area contributed by atoms with Gasteiger partial charge in [0, 0.05) is 7.11 Å². The Morgan fingerprint density at radius 2 is 2.05 bits per heavy atom. The third-order valence-electron chi connectivity index (χ3n) is 3.09. The van der Waals surface area contributed by atoms with Crippen LogP contribution in [0.15, 0.2) is 6.33 Å². The zero-order valence-electron chi connectivity index (χ0n) is 12.3. The lowest BCUT2D eigenvalue weighted by atomic mass is 10.1. The van der Waals surface area contributed by atoms with Crippen LogP contribution in [0, 0.1) is 0 Å². The van der Waals surface area contributed by atoms with Gasteiger partial charge in [-0.1, -0.05) is 0 Å². The highest BCUT2D eigenvalue weighted by Gasteiger charge is 2.30. The van der Waals surface area contributed by atoms with E-state index in [9.17, 15) is 0 Å². The summed E-state index contributed by atoms with van der Waals surface area (Å²) in [6.45, 7) is 6.49. The van der Waals surface area contributed by atoms with Crippen LogP contribution in [0.3, 0.4) is 0 Å². The Hall–Kier alpha value is -1.40. The summed E-state index contributed by atoms with van der Waals surface area (Å²) in [5.41, 5.74) is 0.976. The molecule has 0 bridgehead atoms. The lowest BCUT2D eigenvalue weighted by Gasteiger charge is -2.28. The fourth-order valence-electron chi connectivity index (χ4n) is 2.32. The molecule has 0 aromatic carbocycles. The Kier molecular flexibility index (Phi) is 4.15. The van der Waals surface area contributed by atoms with Crippen molar-refractivity contribution in [3.8, 4) is 5.88 Å².